The van der Waals surface area contributed by atoms with Gasteiger partial charge in [-0.15, -0.1) is 0 Å². The van der Waals surface area contributed by atoms with Crippen LogP contribution >= 0.6 is 11.8 Å². The Kier molecular flexibility index (Phi) is 3.36. The molecule has 1 rings (SSSR count). The Morgan fingerprint density at radius 3 is 2.54 bits per heavy atom. The van der Waals surface area contributed by atoms with Crippen LogP contribution in [0.2, 0.25) is 0 Å². The van der Waals surface area contributed by atoms with Gasteiger partial charge in [-0.25, -0.2) is 0 Å². The minimum atomic E-state index is -0.186. The molecule has 4 heteroatoms. The summed E-state index contributed by atoms with van der Waals surface area (Å²) in [5.74, 6) is -0.0294. The predicted octanol–water partition coefficient (Wildman–Crippen LogP) is 1.96. The fourth-order valence-corrected chi connectivity index (χ4v) is 1.32. The predicted molar refractivity (Wildman–Crippen MR) is 51.2 cm³/mol. The number of hydrogen-bond donors (Lipinski definition) is 0. The van der Waals surface area contributed by atoms with E-state index in [1.165, 1.54) is 6.92 Å². The van der Waals surface area contributed by atoms with Gasteiger partial charge < -0.3 is 4.74 Å². The summed E-state index contributed by atoms with van der Waals surface area (Å²) < 4.78 is 4.87. The van der Waals surface area contributed by atoms with Gasteiger partial charge in [0.25, 0.3) is 0 Å². The topological polar surface area (TPSA) is 43.4 Å². The third-order valence-corrected chi connectivity index (χ3v) is 2.80. The normalized spacial score (nSPS) is 18.0. The standard InChI is InChI=1S/C9H14O3S/c1-7(10)13-6-12-8(11)5-9(2)3-4-9/h3-6H2,1-2H3. The molecule has 0 aromatic heterocycles. The molecule has 0 aromatic carbocycles. The number of thioether (sulfide) groups is 1. The number of hydrogen-bond acceptors (Lipinski definition) is 4. The van der Waals surface area contributed by atoms with Crippen LogP contribution in [0.5, 0.6) is 0 Å². The molecule has 3 nitrogen and oxygen atoms in total. The van der Waals surface area contributed by atoms with Crippen molar-refractivity contribution in [3.63, 3.8) is 0 Å². The second-order valence-electron chi connectivity index (χ2n) is 3.76. The summed E-state index contributed by atoms with van der Waals surface area (Å²) in [5, 5.41) is -0.0227. The molecule has 1 aliphatic rings. The van der Waals surface area contributed by atoms with Gasteiger partial charge in [0, 0.05) is 6.92 Å². The van der Waals surface area contributed by atoms with E-state index in [1.54, 1.807) is 0 Å². The Morgan fingerprint density at radius 1 is 1.46 bits per heavy atom. The van der Waals surface area contributed by atoms with Gasteiger partial charge in [-0.3, -0.25) is 9.59 Å². The van der Waals surface area contributed by atoms with Crippen LogP contribution in [-0.4, -0.2) is 17.0 Å². The van der Waals surface area contributed by atoms with Gasteiger partial charge in [-0.2, -0.15) is 0 Å². The molecule has 0 aliphatic heterocycles. The van der Waals surface area contributed by atoms with Gasteiger partial charge in [0.05, 0.1) is 6.42 Å². The maximum Gasteiger partial charge on any atom is 0.307 e. The average Bonchev–Trinajstić information content (AvgIpc) is 2.66. The Morgan fingerprint density at radius 2 is 2.08 bits per heavy atom. The largest absolute Gasteiger partial charge is 0.454 e. The first kappa shape index (κ1) is 10.6. The highest BCUT2D eigenvalue weighted by Gasteiger charge is 2.39. The molecule has 1 fully saturated rings. The lowest BCUT2D eigenvalue weighted by atomic mass is 10.1. The van der Waals surface area contributed by atoms with Crippen LogP contribution in [-0.2, 0) is 14.3 Å². The highest BCUT2D eigenvalue weighted by atomic mass is 32.2. The Hall–Kier alpha value is -0.510. The Balaban J connectivity index is 2.07. The van der Waals surface area contributed by atoms with Crippen molar-refractivity contribution in [3.05, 3.63) is 0 Å². The molecule has 1 saturated carbocycles. The summed E-state index contributed by atoms with van der Waals surface area (Å²) in [5.41, 5.74) is 0.192. The third-order valence-electron chi connectivity index (χ3n) is 2.16. The van der Waals surface area contributed by atoms with Gasteiger partial charge in [0.15, 0.2) is 5.12 Å². The van der Waals surface area contributed by atoms with E-state index in [1.807, 2.05) is 0 Å². The van der Waals surface area contributed by atoms with Crippen LogP contribution in [0.4, 0.5) is 0 Å². The van der Waals surface area contributed by atoms with Crippen molar-refractivity contribution in [2.75, 3.05) is 5.94 Å². The second-order valence-corrected chi connectivity index (χ2v) is 4.86. The first-order valence-electron chi connectivity index (χ1n) is 4.31. The van der Waals surface area contributed by atoms with E-state index in [4.69, 9.17) is 4.74 Å². The molecule has 0 atom stereocenters. The van der Waals surface area contributed by atoms with Crippen molar-refractivity contribution in [2.24, 2.45) is 5.41 Å². The number of rotatable bonds is 4. The minimum absolute atomic E-state index is 0.0227. The molecule has 0 unspecified atom stereocenters. The molecule has 0 heterocycles. The lowest BCUT2D eigenvalue weighted by Gasteiger charge is -2.06. The van der Waals surface area contributed by atoms with Crippen LogP contribution in [0.25, 0.3) is 0 Å². The van der Waals surface area contributed by atoms with E-state index in [0.717, 1.165) is 24.6 Å². The highest BCUT2D eigenvalue weighted by molar-refractivity contribution is 8.13. The average molecular weight is 202 g/mol. The van der Waals surface area contributed by atoms with E-state index in [2.05, 4.69) is 6.92 Å². The van der Waals surface area contributed by atoms with Gasteiger partial charge in [0.1, 0.15) is 5.94 Å². The van der Waals surface area contributed by atoms with E-state index in [0.29, 0.717) is 6.42 Å². The fraction of sp³-hybridized carbons (Fsp3) is 0.778. The molecule has 74 valence electrons. The molecule has 0 N–H and O–H groups in total. The lowest BCUT2D eigenvalue weighted by Crippen LogP contribution is -2.10. The Labute approximate surface area is 82.2 Å². The molecule has 1 aliphatic carbocycles. The second kappa shape index (κ2) is 4.13. The summed E-state index contributed by atoms with van der Waals surface area (Å²) in [6, 6.07) is 0. The summed E-state index contributed by atoms with van der Waals surface area (Å²) in [6.45, 7) is 3.53. The maximum absolute atomic E-state index is 11.1. The van der Waals surface area contributed by atoms with Gasteiger partial charge >= 0.3 is 5.97 Å². The summed E-state index contributed by atoms with van der Waals surface area (Å²) in [6.07, 6.45) is 2.72. The lowest BCUT2D eigenvalue weighted by molar-refractivity contribution is -0.142. The summed E-state index contributed by atoms with van der Waals surface area (Å²) >= 11 is 1.02. The van der Waals surface area contributed by atoms with E-state index in [-0.39, 0.29) is 22.4 Å². The quantitative estimate of drug-likeness (QED) is 0.516. The molecule has 0 aromatic rings. The molecule has 0 spiro atoms. The summed E-state index contributed by atoms with van der Waals surface area (Å²) in [4.78, 5) is 21.6. The van der Waals surface area contributed by atoms with Gasteiger partial charge in [0.2, 0.25) is 0 Å². The van der Waals surface area contributed by atoms with E-state index < -0.39 is 0 Å². The van der Waals surface area contributed by atoms with Gasteiger partial charge in [-0.05, 0) is 30.0 Å². The molecule has 13 heavy (non-hydrogen) atoms. The monoisotopic (exact) mass is 202 g/mol. The smallest absolute Gasteiger partial charge is 0.307 e. The molecular weight excluding hydrogens is 188 g/mol. The SMILES string of the molecule is CC(=O)SCOC(=O)CC1(C)CC1. The van der Waals surface area contributed by atoms with Crippen LogP contribution in [0, 0.1) is 5.41 Å². The molecule has 0 radical (unpaired) electrons. The zero-order valence-corrected chi connectivity index (χ0v) is 8.78. The number of ether oxygens (including phenoxy) is 1. The van der Waals surface area contributed by atoms with E-state index >= 15 is 0 Å². The van der Waals surface area contributed by atoms with Crippen molar-refractivity contribution in [2.45, 2.75) is 33.1 Å². The van der Waals surface area contributed by atoms with Crippen LogP contribution in [0.1, 0.15) is 33.1 Å². The number of esters is 1. The number of carbonyl (C=O) groups is 2. The van der Waals surface area contributed by atoms with Crippen molar-refractivity contribution in [3.8, 4) is 0 Å². The highest BCUT2D eigenvalue weighted by Crippen LogP contribution is 2.48. The molecule has 0 bridgehead atoms. The first-order chi connectivity index (χ1) is 6.02. The molecular formula is C9H14O3S. The zero-order valence-electron chi connectivity index (χ0n) is 7.96. The fourth-order valence-electron chi connectivity index (χ4n) is 0.968. The van der Waals surface area contributed by atoms with Crippen LogP contribution in [0.3, 0.4) is 0 Å². The molecule has 0 amide bonds. The molecule has 0 saturated heterocycles. The van der Waals surface area contributed by atoms with Gasteiger partial charge in [-0.1, -0.05) is 6.92 Å². The number of carbonyl (C=O) groups excluding carboxylic acids is 2. The van der Waals surface area contributed by atoms with Crippen LogP contribution in [0.15, 0.2) is 0 Å². The zero-order chi connectivity index (χ0) is 9.90. The van der Waals surface area contributed by atoms with E-state index in [9.17, 15) is 9.59 Å². The van der Waals surface area contributed by atoms with Crippen molar-refractivity contribution >= 4 is 22.8 Å². The Bertz CT molecular complexity index is 221. The summed E-state index contributed by atoms with van der Waals surface area (Å²) in [7, 11) is 0. The minimum Gasteiger partial charge on any atom is -0.454 e. The van der Waals surface area contributed by atoms with Crippen LogP contribution < -0.4 is 0 Å². The van der Waals surface area contributed by atoms with Crippen molar-refractivity contribution < 1.29 is 14.3 Å². The third kappa shape index (κ3) is 4.31. The maximum atomic E-state index is 11.1. The van der Waals surface area contributed by atoms with Crippen molar-refractivity contribution in [1.82, 2.24) is 0 Å². The first-order valence-corrected chi connectivity index (χ1v) is 5.29. The van der Waals surface area contributed by atoms with Crippen molar-refractivity contribution in [1.29, 1.82) is 0 Å².